The Bertz CT molecular complexity index is 425. The second-order valence-electron chi connectivity index (χ2n) is 4.48. The van der Waals surface area contributed by atoms with E-state index in [0.717, 1.165) is 0 Å². The van der Waals surface area contributed by atoms with Gasteiger partial charge in [-0.1, -0.05) is 37.0 Å². The van der Waals surface area contributed by atoms with Crippen LogP contribution in [0.2, 0.25) is 10.2 Å². The zero-order chi connectivity index (χ0) is 13.7. The molecule has 1 unspecified atom stereocenters. The Morgan fingerprint density at radius 1 is 1.50 bits per heavy atom. The van der Waals surface area contributed by atoms with Gasteiger partial charge < -0.3 is 10.4 Å². The van der Waals surface area contributed by atoms with E-state index in [4.69, 9.17) is 23.2 Å². The fourth-order valence-electron chi connectivity index (χ4n) is 1.52. The highest BCUT2D eigenvalue weighted by Crippen LogP contribution is 2.17. The second kappa shape index (κ2) is 6.92. The minimum absolute atomic E-state index is 0.188. The van der Waals surface area contributed by atoms with Gasteiger partial charge in [0.25, 0.3) is 5.91 Å². The van der Waals surface area contributed by atoms with Gasteiger partial charge in [0.15, 0.2) is 0 Å². The minimum atomic E-state index is -0.565. The van der Waals surface area contributed by atoms with Gasteiger partial charge in [-0.2, -0.15) is 0 Å². The third kappa shape index (κ3) is 4.80. The maximum absolute atomic E-state index is 11.8. The zero-order valence-electron chi connectivity index (χ0n) is 10.3. The lowest BCUT2D eigenvalue weighted by Gasteiger charge is -2.14. The summed E-state index contributed by atoms with van der Waals surface area (Å²) < 4.78 is 0. The number of aliphatic hydroxyl groups excluding tert-OH is 1. The number of hydrogen-bond donors (Lipinski definition) is 2. The molecule has 0 saturated carbocycles. The normalized spacial score (nSPS) is 12.6. The summed E-state index contributed by atoms with van der Waals surface area (Å²) >= 11 is 11.5. The summed E-state index contributed by atoms with van der Waals surface area (Å²) in [5.41, 5.74) is 0.258. The number of nitrogens with zero attached hydrogens (tertiary/aromatic N) is 1. The molecule has 18 heavy (non-hydrogen) atoms. The Balaban J connectivity index is 2.58. The fraction of sp³-hybridized carbons (Fsp3) is 0.500. The number of carbonyl (C=O) groups excluding carboxylic acids is 1. The van der Waals surface area contributed by atoms with Crippen LogP contribution in [0.4, 0.5) is 0 Å². The number of hydrogen-bond acceptors (Lipinski definition) is 3. The number of pyridine rings is 1. The first-order valence-corrected chi connectivity index (χ1v) is 6.43. The van der Waals surface area contributed by atoms with Crippen LogP contribution in [0.5, 0.6) is 0 Å². The third-order valence-corrected chi connectivity index (χ3v) is 2.82. The van der Waals surface area contributed by atoms with Crippen molar-refractivity contribution in [2.75, 3.05) is 6.54 Å². The van der Waals surface area contributed by atoms with Crippen molar-refractivity contribution in [2.45, 2.75) is 26.4 Å². The monoisotopic (exact) mass is 290 g/mol. The molecule has 0 saturated heterocycles. The molecule has 0 aromatic carbocycles. The summed E-state index contributed by atoms with van der Waals surface area (Å²) in [6.45, 7) is 4.20. The molecular formula is C12H16Cl2N2O2. The van der Waals surface area contributed by atoms with Gasteiger partial charge in [-0.3, -0.25) is 4.79 Å². The molecule has 0 radical (unpaired) electrons. The zero-order valence-corrected chi connectivity index (χ0v) is 11.8. The van der Waals surface area contributed by atoms with Crippen molar-refractivity contribution in [1.82, 2.24) is 10.3 Å². The lowest BCUT2D eigenvalue weighted by atomic mass is 10.1. The van der Waals surface area contributed by atoms with Crippen molar-refractivity contribution in [2.24, 2.45) is 5.92 Å². The van der Waals surface area contributed by atoms with Crippen LogP contribution in [-0.2, 0) is 0 Å². The highest BCUT2D eigenvalue weighted by molar-refractivity contribution is 6.35. The molecule has 0 spiro atoms. The van der Waals surface area contributed by atoms with E-state index in [9.17, 15) is 9.90 Å². The fourth-order valence-corrected chi connectivity index (χ4v) is 1.87. The first-order chi connectivity index (χ1) is 8.40. The predicted octanol–water partition coefficient (Wildman–Crippen LogP) is 2.53. The summed E-state index contributed by atoms with van der Waals surface area (Å²) in [6, 6.07) is 1.40. The lowest BCUT2D eigenvalue weighted by Crippen LogP contribution is -2.33. The van der Waals surface area contributed by atoms with Crippen molar-refractivity contribution >= 4 is 29.1 Å². The van der Waals surface area contributed by atoms with E-state index in [1.807, 2.05) is 13.8 Å². The summed E-state index contributed by atoms with van der Waals surface area (Å²) in [5, 5.41) is 12.7. The topological polar surface area (TPSA) is 62.2 Å². The van der Waals surface area contributed by atoms with Crippen LogP contribution in [0.25, 0.3) is 0 Å². The lowest BCUT2D eigenvalue weighted by molar-refractivity contribution is 0.0900. The quantitative estimate of drug-likeness (QED) is 0.819. The van der Waals surface area contributed by atoms with E-state index in [2.05, 4.69) is 10.3 Å². The average molecular weight is 291 g/mol. The van der Waals surface area contributed by atoms with Gasteiger partial charge in [0.1, 0.15) is 5.15 Å². The number of amides is 1. The standard InChI is InChI=1S/C12H16Cl2N2O2/c1-7(2)3-8(17)5-16-12(18)9-4-11(14)15-6-10(9)13/h4,6-8,17H,3,5H2,1-2H3,(H,16,18). The van der Waals surface area contributed by atoms with Crippen LogP contribution < -0.4 is 5.32 Å². The van der Waals surface area contributed by atoms with Crippen LogP contribution in [-0.4, -0.2) is 28.6 Å². The van der Waals surface area contributed by atoms with Crippen molar-refractivity contribution in [3.63, 3.8) is 0 Å². The Labute approximate surface area is 116 Å². The van der Waals surface area contributed by atoms with Crippen molar-refractivity contribution in [3.05, 3.63) is 28.0 Å². The van der Waals surface area contributed by atoms with Crippen LogP contribution in [0.15, 0.2) is 12.3 Å². The molecule has 1 amide bonds. The second-order valence-corrected chi connectivity index (χ2v) is 5.27. The molecule has 0 aliphatic heterocycles. The number of halogens is 2. The molecule has 2 N–H and O–H groups in total. The predicted molar refractivity (Wildman–Crippen MR) is 72.1 cm³/mol. The first-order valence-electron chi connectivity index (χ1n) is 5.67. The van der Waals surface area contributed by atoms with Gasteiger partial charge in [0.05, 0.1) is 16.7 Å². The Morgan fingerprint density at radius 2 is 2.17 bits per heavy atom. The SMILES string of the molecule is CC(C)CC(O)CNC(=O)c1cc(Cl)ncc1Cl. The van der Waals surface area contributed by atoms with E-state index in [0.29, 0.717) is 12.3 Å². The Morgan fingerprint density at radius 3 is 2.78 bits per heavy atom. The molecule has 6 heteroatoms. The summed E-state index contributed by atoms with van der Waals surface area (Å²) in [5.74, 6) is 0.00275. The highest BCUT2D eigenvalue weighted by Gasteiger charge is 2.13. The van der Waals surface area contributed by atoms with E-state index in [1.54, 1.807) is 0 Å². The number of carbonyl (C=O) groups is 1. The molecule has 4 nitrogen and oxygen atoms in total. The van der Waals surface area contributed by atoms with Crippen LogP contribution >= 0.6 is 23.2 Å². The molecule has 1 rings (SSSR count). The summed E-state index contributed by atoms with van der Waals surface area (Å²) in [4.78, 5) is 15.6. The largest absolute Gasteiger partial charge is 0.391 e. The average Bonchev–Trinajstić information content (AvgIpc) is 2.28. The molecule has 1 atom stereocenters. The Kier molecular flexibility index (Phi) is 5.85. The molecule has 1 aromatic rings. The Hall–Kier alpha value is -0.840. The molecule has 0 bridgehead atoms. The van der Waals surface area contributed by atoms with E-state index in [-0.39, 0.29) is 28.2 Å². The summed E-state index contributed by atoms with van der Waals surface area (Å²) in [6.07, 6.45) is 1.39. The van der Waals surface area contributed by atoms with Gasteiger partial charge in [-0.25, -0.2) is 4.98 Å². The molecule has 0 aliphatic rings. The number of rotatable bonds is 5. The van der Waals surface area contributed by atoms with Crippen LogP contribution in [0.3, 0.4) is 0 Å². The van der Waals surface area contributed by atoms with E-state index >= 15 is 0 Å². The van der Waals surface area contributed by atoms with Gasteiger partial charge in [0, 0.05) is 12.7 Å². The molecule has 100 valence electrons. The minimum Gasteiger partial charge on any atom is -0.391 e. The van der Waals surface area contributed by atoms with Gasteiger partial charge in [0.2, 0.25) is 0 Å². The van der Waals surface area contributed by atoms with Crippen molar-refractivity contribution in [3.8, 4) is 0 Å². The third-order valence-electron chi connectivity index (χ3n) is 2.31. The maximum atomic E-state index is 11.8. The van der Waals surface area contributed by atoms with Crippen LogP contribution in [0, 0.1) is 5.92 Å². The van der Waals surface area contributed by atoms with Gasteiger partial charge >= 0.3 is 0 Å². The number of nitrogens with one attached hydrogen (secondary N) is 1. The molecule has 0 aliphatic carbocycles. The van der Waals surface area contributed by atoms with Crippen molar-refractivity contribution < 1.29 is 9.90 Å². The maximum Gasteiger partial charge on any atom is 0.253 e. The smallest absolute Gasteiger partial charge is 0.253 e. The van der Waals surface area contributed by atoms with Crippen molar-refractivity contribution in [1.29, 1.82) is 0 Å². The first kappa shape index (κ1) is 15.2. The number of aromatic nitrogens is 1. The van der Waals surface area contributed by atoms with E-state index in [1.165, 1.54) is 12.3 Å². The van der Waals surface area contributed by atoms with Gasteiger partial charge in [-0.15, -0.1) is 0 Å². The highest BCUT2D eigenvalue weighted by atomic mass is 35.5. The molecular weight excluding hydrogens is 275 g/mol. The van der Waals surface area contributed by atoms with Gasteiger partial charge in [-0.05, 0) is 18.4 Å². The molecule has 1 aromatic heterocycles. The molecule has 0 fully saturated rings. The molecule has 1 heterocycles. The van der Waals surface area contributed by atoms with Crippen LogP contribution in [0.1, 0.15) is 30.6 Å². The summed E-state index contributed by atoms with van der Waals surface area (Å²) in [7, 11) is 0. The van der Waals surface area contributed by atoms with E-state index < -0.39 is 6.10 Å². The number of aliphatic hydroxyl groups is 1.